The zero-order valence-electron chi connectivity index (χ0n) is 7.58. The van der Waals surface area contributed by atoms with Gasteiger partial charge in [-0.25, -0.2) is 4.99 Å². The Morgan fingerprint density at radius 2 is 2.14 bits per heavy atom. The molecule has 0 aromatic heterocycles. The summed E-state index contributed by atoms with van der Waals surface area (Å²) in [6.45, 7) is -0.176. The normalized spacial score (nSPS) is 46.8. The van der Waals surface area contributed by atoms with E-state index in [2.05, 4.69) is 4.99 Å². The summed E-state index contributed by atoms with van der Waals surface area (Å²) in [5.41, 5.74) is 5.36. The first-order chi connectivity index (χ1) is 6.63. The largest absolute Gasteiger partial charge is 0.460 e. The Bertz CT molecular complexity index is 258. The number of aliphatic imine (C=N–C) groups is 1. The number of amidine groups is 1. The Morgan fingerprint density at radius 1 is 1.43 bits per heavy atom. The van der Waals surface area contributed by atoms with Crippen LogP contribution in [0.1, 0.15) is 6.42 Å². The van der Waals surface area contributed by atoms with Gasteiger partial charge in [-0.3, -0.25) is 0 Å². The third-order valence-corrected chi connectivity index (χ3v) is 2.88. The van der Waals surface area contributed by atoms with Gasteiger partial charge in [0.25, 0.3) is 6.02 Å². The van der Waals surface area contributed by atoms with Crippen LogP contribution in [-0.2, 0) is 4.74 Å². The van der Waals surface area contributed by atoms with Crippen molar-refractivity contribution in [2.24, 2.45) is 16.6 Å². The van der Waals surface area contributed by atoms with Crippen LogP contribution in [0.15, 0.2) is 4.99 Å². The second-order valence-electron chi connectivity index (χ2n) is 3.77. The molecule has 6 heteroatoms. The Morgan fingerprint density at radius 3 is 2.79 bits per heavy atom. The zero-order chi connectivity index (χ0) is 10.3. The lowest BCUT2D eigenvalue weighted by atomic mass is 9.80. The lowest BCUT2D eigenvalue weighted by Gasteiger charge is -2.36. The number of nitrogens with two attached hydrogens (primary N) is 1. The van der Waals surface area contributed by atoms with Crippen LogP contribution in [0.25, 0.3) is 0 Å². The Kier molecular flexibility index (Phi) is 2.34. The first kappa shape index (κ1) is 9.70. The van der Waals surface area contributed by atoms with Crippen LogP contribution in [0, 0.1) is 5.92 Å². The standard InChI is InChI=1S/C8H14N2O4/c9-8-10-5-4(14-8)1-3(2-11)6(12)7(5)13/h3-7,11-13H,1-2H2,(H2,9,10). The number of rotatable bonds is 1. The summed E-state index contributed by atoms with van der Waals surface area (Å²) in [5.74, 6) is -0.368. The lowest BCUT2D eigenvalue weighted by molar-refractivity contribution is -0.0946. The van der Waals surface area contributed by atoms with E-state index in [0.29, 0.717) is 6.42 Å². The van der Waals surface area contributed by atoms with Crippen molar-refractivity contribution in [3.63, 3.8) is 0 Å². The summed E-state index contributed by atoms with van der Waals surface area (Å²) >= 11 is 0. The number of fused-ring (bicyclic) bond motifs is 1. The fourth-order valence-corrected chi connectivity index (χ4v) is 2.07. The third kappa shape index (κ3) is 1.35. The summed E-state index contributed by atoms with van der Waals surface area (Å²) in [4.78, 5) is 3.89. The minimum absolute atomic E-state index is 0.0461. The molecule has 2 aliphatic rings. The first-order valence-corrected chi connectivity index (χ1v) is 4.60. The lowest BCUT2D eigenvalue weighted by Crippen LogP contribution is -2.52. The van der Waals surface area contributed by atoms with E-state index >= 15 is 0 Å². The molecule has 0 bridgehead atoms. The fraction of sp³-hybridized carbons (Fsp3) is 0.875. The van der Waals surface area contributed by atoms with Gasteiger partial charge in [0.15, 0.2) is 0 Å². The molecule has 1 heterocycles. The topological polar surface area (TPSA) is 108 Å². The van der Waals surface area contributed by atoms with Crippen LogP contribution in [0.2, 0.25) is 0 Å². The molecule has 1 aliphatic carbocycles. The monoisotopic (exact) mass is 202 g/mol. The molecule has 6 nitrogen and oxygen atoms in total. The van der Waals surface area contributed by atoms with Crippen LogP contribution < -0.4 is 5.73 Å². The molecular weight excluding hydrogens is 188 g/mol. The van der Waals surface area contributed by atoms with Gasteiger partial charge in [0, 0.05) is 12.5 Å². The smallest absolute Gasteiger partial charge is 0.282 e. The summed E-state index contributed by atoms with van der Waals surface area (Å²) in [6, 6.07) is -0.447. The van der Waals surface area contributed by atoms with E-state index in [1.807, 2.05) is 0 Å². The van der Waals surface area contributed by atoms with Gasteiger partial charge >= 0.3 is 0 Å². The SMILES string of the molecule is NC1=NC2C(CC(CO)C(O)C2O)O1. The van der Waals surface area contributed by atoms with Gasteiger partial charge in [-0.05, 0) is 6.42 Å². The van der Waals surface area contributed by atoms with Crippen molar-refractivity contribution in [3.8, 4) is 0 Å². The maximum Gasteiger partial charge on any atom is 0.282 e. The van der Waals surface area contributed by atoms with E-state index in [-0.39, 0.29) is 24.7 Å². The number of aliphatic hydroxyl groups excluding tert-OH is 3. The van der Waals surface area contributed by atoms with Crippen LogP contribution in [0.3, 0.4) is 0 Å². The van der Waals surface area contributed by atoms with Crippen molar-refractivity contribution < 1.29 is 20.1 Å². The minimum Gasteiger partial charge on any atom is -0.460 e. The molecule has 1 fully saturated rings. The van der Waals surface area contributed by atoms with Crippen molar-refractivity contribution in [1.29, 1.82) is 0 Å². The zero-order valence-corrected chi connectivity index (χ0v) is 7.58. The fourth-order valence-electron chi connectivity index (χ4n) is 2.07. The van der Waals surface area contributed by atoms with Gasteiger partial charge in [-0.15, -0.1) is 0 Å². The van der Waals surface area contributed by atoms with Gasteiger partial charge < -0.3 is 25.8 Å². The molecular formula is C8H14N2O4. The van der Waals surface area contributed by atoms with Gasteiger partial charge in [-0.2, -0.15) is 0 Å². The van der Waals surface area contributed by atoms with Gasteiger partial charge in [0.1, 0.15) is 18.2 Å². The highest BCUT2D eigenvalue weighted by atomic mass is 16.5. The summed E-state index contributed by atoms with van der Waals surface area (Å²) < 4.78 is 5.16. The predicted molar refractivity (Wildman–Crippen MR) is 47.5 cm³/mol. The van der Waals surface area contributed by atoms with E-state index in [4.69, 9.17) is 15.6 Å². The summed E-state index contributed by atoms with van der Waals surface area (Å²) in [6.07, 6.45) is -1.82. The van der Waals surface area contributed by atoms with Crippen LogP contribution in [0.4, 0.5) is 0 Å². The van der Waals surface area contributed by atoms with Crippen molar-refractivity contribution >= 4 is 6.02 Å². The third-order valence-electron chi connectivity index (χ3n) is 2.88. The van der Waals surface area contributed by atoms with Crippen LogP contribution in [-0.4, -0.2) is 52.3 Å². The molecule has 1 aliphatic heterocycles. The average Bonchev–Trinajstić information content (AvgIpc) is 2.52. The maximum atomic E-state index is 9.66. The van der Waals surface area contributed by atoms with Crippen molar-refractivity contribution in [2.75, 3.05) is 6.61 Å². The molecule has 80 valence electrons. The molecule has 0 spiro atoms. The molecule has 0 amide bonds. The van der Waals surface area contributed by atoms with Crippen molar-refractivity contribution in [1.82, 2.24) is 0 Å². The number of aliphatic hydroxyl groups is 3. The molecule has 14 heavy (non-hydrogen) atoms. The van der Waals surface area contributed by atoms with Crippen LogP contribution in [0.5, 0.6) is 0 Å². The highest BCUT2D eigenvalue weighted by Gasteiger charge is 2.47. The highest BCUT2D eigenvalue weighted by molar-refractivity contribution is 5.73. The predicted octanol–water partition coefficient (Wildman–Crippen LogP) is -2.20. The van der Waals surface area contributed by atoms with E-state index < -0.39 is 18.2 Å². The molecule has 1 saturated carbocycles. The summed E-state index contributed by atoms with van der Waals surface area (Å²) in [7, 11) is 0. The van der Waals surface area contributed by atoms with E-state index in [9.17, 15) is 10.2 Å². The second-order valence-corrected chi connectivity index (χ2v) is 3.77. The maximum absolute atomic E-state index is 9.66. The van der Waals surface area contributed by atoms with Crippen LogP contribution >= 0.6 is 0 Å². The summed E-state index contributed by atoms with van der Waals surface area (Å²) in [5, 5.41) is 28.2. The van der Waals surface area contributed by atoms with Gasteiger partial charge in [-0.1, -0.05) is 0 Å². The van der Waals surface area contributed by atoms with Gasteiger partial charge in [0.2, 0.25) is 0 Å². The van der Waals surface area contributed by atoms with E-state index in [0.717, 1.165) is 0 Å². The average molecular weight is 202 g/mol. The van der Waals surface area contributed by atoms with Crippen molar-refractivity contribution in [3.05, 3.63) is 0 Å². The first-order valence-electron chi connectivity index (χ1n) is 4.60. The number of ether oxygens (including phenoxy) is 1. The number of nitrogens with zero attached hydrogens (tertiary/aromatic N) is 1. The molecule has 0 radical (unpaired) electrons. The Labute approximate surface area is 81.0 Å². The highest BCUT2D eigenvalue weighted by Crippen LogP contribution is 2.32. The Balaban J connectivity index is 2.14. The molecule has 5 unspecified atom stereocenters. The molecule has 0 aromatic rings. The van der Waals surface area contributed by atoms with Crippen molar-refractivity contribution in [2.45, 2.75) is 30.8 Å². The molecule has 2 rings (SSSR count). The van der Waals surface area contributed by atoms with E-state index in [1.54, 1.807) is 0 Å². The number of hydrogen-bond donors (Lipinski definition) is 4. The minimum atomic E-state index is -1.01. The molecule has 0 aromatic carbocycles. The van der Waals surface area contributed by atoms with E-state index in [1.165, 1.54) is 0 Å². The Hall–Kier alpha value is -0.850. The van der Waals surface area contributed by atoms with Gasteiger partial charge in [0.05, 0.1) is 6.10 Å². The molecule has 0 saturated heterocycles. The molecule has 5 atom stereocenters. The number of hydrogen-bond acceptors (Lipinski definition) is 6. The quantitative estimate of drug-likeness (QED) is 0.386. The molecule has 5 N–H and O–H groups in total. The second kappa shape index (κ2) is 3.38.